The fourth-order valence-electron chi connectivity index (χ4n) is 2.92. The average molecular weight is 321 g/mol. The molecule has 0 bridgehead atoms. The van der Waals surface area contributed by atoms with E-state index in [-0.39, 0.29) is 17.1 Å². The molecule has 0 spiro atoms. The van der Waals surface area contributed by atoms with Crippen LogP contribution < -0.4 is 0 Å². The number of thiocarbonyl (C=S) groups is 1. The Bertz CT molecular complexity index is 279. The van der Waals surface area contributed by atoms with Crippen molar-refractivity contribution >= 4 is 26.7 Å². The first kappa shape index (κ1) is 20.2. The summed E-state index contributed by atoms with van der Waals surface area (Å²) < 4.78 is 5.64. The molecule has 0 amide bonds. The highest BCUT2D eigenvalue weighted by Gasteiger charge is 2.43. The smallest absolute Gasteiger partial charge is 0.205 e. The molecule has 0 aromatic carbocycles. The van der Waals surface area contributed by atoms with Gasteiger partial charge in [0.15, 0.2) is 5.72 Å². The van der Waals surface area contributed by atoms with Crippen LogP contribution in [0.3, 0.4) is 0 Å². The summed E-state index contributed by atoms with van der Waals surface area (Å²) in [6.45, 7) is 10.6. The maximum absolute atomic E-state index is 10.1. The van der Waals surface area contributed by atoms with Gasteiger partial charge < -0.3 is 9.63 Å². The van der Waals surface area contributed by atoms with Crippen LogP contribution in [0.15, 0.2) is 0 Å². The van der Waals surface area contributed by atoms with Gasteiger partial charge in [-0.15, -0.1) is 0 Å². The molecule has 0 saturated heterocycles. The summed E-state index contributed by atoms with van der Waals surface area (Å²) >= 11 is 5.12. The second kappa shape index (κ2) is 10.0. The van der Waals surface area contributed by atoms with Gasteiger partial charge in [0, 0.05) is 21.6 Å². The molecule has 0 aromatic rings. The van der Waals surface area contributed by atoms with Crippen LogP contribution in [0.4, 0.5) is 0 Å². The lowest BCUT2D eigenvalue weighted by Crippen LogP contribution is -2.59. The highest BCUT2D eigenvalue weighted by Crippen LogP contribution is 2.32. The lowest BCUT2D eigenvalue weighted by atomic mass is 9.99. The Morgan fingerprint density at radius 1 is 1.15 bits per heavy atom. The zero-order chi connectivity index (χ0) is 15.8. The van der Waals surface area contributed by atoms with E-state index in [0.717, 1.165) is 19.3 Å². The molecule has 1 N–H and O–H groups in total. The van der Waals surface area contributed by atoms with Crippen LogP contribution in [0.25, 0.3) is 0 Å². The van der Waals surface area contributed by atoms with Crippen LogP contribution in [0, 0.1) is 0 Å². The Hall–Kier alpha value is 0.240. The zero-order valence-corrected chi connectivity index (χ0v) is 15.7. The Kier molecular flexibility index (Phi) is 10.2. The molecule has 0 aromatic heterocycles. The van der Waals surface area contributed by atoms with Crippen molar-refractivity contribution in [2.45, 2.75) is 91.0 Å². The number of rotatable bonds is 11. The summed E-state index contributed by atoms with van der Waals surface area (Å²) in [4.78, 5) is 2.15. The topological polar surface area (TPSA) is 32.7 Å². The fraction of sp³-hybridized carbons (Fsp3) is 0.933. The molecular formula is C15H32NO2PS. The summed E-state index contributed by atoms with van der Waals surface area (Å²) in [6.07, 6.45) is 6.60. The van der Waals surface area contributed by atoms with Gasteiger partial charge in [0.2, 0.25) is 5.05 Å². The Morgan fingerprint density at radius 3 is 2.00 bits per heavy atom. The molecule has 20 heavy (non-hydrogen) atoms. The molecule has 0 aliphatic heterocycles. The fourth-order valence-corrected chi connectivity index (χ4v) is 3.61. The molecular weight excluding hydrogens is 289 g/mol. The minimum absolute atomic E-state index is 0.0645. The van der Waals surface area contributed by atoms with Gasteiger partial charge in [0.05, 0.1) is 0 Å². The van der Waals surface area contributed by atoms with Crippen molar-refractivity contribution in [3.05, 3.63) is 0 Å². The van der Waals surface area contributed by atoms with Crippen LogP contribution in [0.2, 0.25) is 0 Å². The minimum atomic E-state index is -0.867. The number of hydrogen-bond acceptors (Lipinski definition) is 3. The van der Waals surface area contributed by atoms with E-state index in [0.29, 0.717) is 0 Å². The van der Waals surface area contributed by atoms with Gasteiger partial charge in [-0.05, 0) is 52.8 Å². The van der Waals surface area contributed by atoms with Gasteiger partial charge >= 0.3 is 0 Å². The average Bonchev–Trinajstić information content (AvgIpc) is 2.35. The van der Waals surface area contributed by atoms with Crippen LogP contribution in [0.1, 0.15) is 73.1 Å². The summed E-state index contributed by atoms with van der Waals surface area (Å²) in [5.74, 6) is 0. The molecule has 2 atom stereocenters. The Balaban J connectivity index is 4.94. The van der Waals surface area contributed by atoms with Gasteiger partial charge in [0.1, 0.15) is 0 Å². The molecule has 0 saturated carbocycles. The van der Waals surface area contributed by atoms with Gasteiger partial charge in [0.25, 0.3) is 0 Å². The predicted octanol–water partition coefficient (Wildman–Crippen LogP) is 4.85. The molecule has 5 heteroatoms. The van der Waals surface area contributed by atoms with Crippen LogP contribution in [-0.2, 0) is 4.52 Å². The molecule has 0 radical (unpaired) electrons. The maximum Gasteiger partial charge on any atom is 0.205 e. The highest BCUT2D eigenvalue weighted by molar-refractivity contribution is 7.80. The lowest BCUT2D eigenvalue weighted by Gasteiger charge is -2.46. The van der Waals surface area contributed by atoms with E-state index < -0.39 is 5.72 Å². The molecule has 0 fully saturated rings. The first-order valence-electron chi connectivity index (χ1n) is 7.73. The van der Waals surface area contributed by atoms with Crippen molar-refractivity contribution in [3.8, 4) is 0 Å². The van der Waals surface area contributed by atoms with E-state index in [2.05, 4.69) is 49.0 Å². The Morgan fingerprint density at radius 2 is 1.65 bits per heavy atom. The largest absolute Gasteiger partial charge is 0.499 e. The SMILES string of the molecule is CCCCCCCC(OP)(C(O)=S)N(C(C)C)C(C)C. The lowest BCUT2D eigenvalue weighted by molar-refractivity contribution is -0.0703. The monoisotopic (exact) mass is 321 g/mol. The summed E-state index contributed by atoms with van der Waals surface area (Å²) in [5.41, 5.74) is -0.867. The third kappa shape index (κ3) is 5.55. The number of unbranched alkanes of at least 4 members (excludes halogenated alkanes) is 4. The molecule has 0 aliphatic rings. The van der Waals surface area contributed by atoms with Crippen molar-refractivity contribution in [1.82, 2.24) is 4.90 Å². The van der Waals surface area contributed by atoms with Gasteiger partial charge in [-0.3, -0.25) is 4.90 Å². The second-order valence-corrected chi connectivity index (χ2v) is 6.59. The molecule has 3 nitrogen and oxygen atoms in total. The molecule has 120 valence electrons. The van der Waals surface area contributed by atoms with E-state index in [1.54, 1.807) is 0 Å². The van der Waals surface area contributed by atoms with Crippen LogP contribution >= 0.6 is 21.7 Å². The molecule has 0 heterocycles. The third-order valence-electron chi connectivity index (χ3n) is 3.68. The standard InChI is InChI=1S/C15H32NO2PS/c1-6-7-8-9-10-11-15(18-19,14(17)20)16(12(2)3)13(4)5/h12-13H,6-11,19H2,1-5H3,(H,17,20). The zero-order valence-electron chi connectivity index (χ0n) is 13.7. The van der Waals surface area contributed by atoms with Gasteiger partial charge in [-0.25, -0.2) is 0 Å². The van der Waals surface area contributed by atoms with Gasteiger partial charge in [-0.1, -0.05) is 32.6 Å². The van der Waals surface area contributed by atoms with E-state index in [1.807, 2.05) is 0 Å². The maximum atomic E-state index is 10.1. The minimum Gasteiger partial charge on any atom is -0.499 e. The third-order valence-corrected chi connectivity index (χ3v) is 4.39. The number of aliphatic hydroxyl groups is 1. The summed E-state index contributed by atoms with van der Waals surface area (Å²) in [6, 6.07) is 0.493. The molecule has 2 unspecified atom stereocenters. The number of nitrogens with zero attached hydrogens (tertiary/aromatic N) is 1. The Labute approximate surface area is 132 Å². The number of aliphatic hydroxyl groups excluding tert-OH is 1. The highest BCUT2D eigenvalue weighted by atomic mass is 32.1. The first-order chi connectivity index (χ1) is 9.33. The van der Waals surface area contributed by atoms with E-state index in [9.17, 15) is 5.11 Å². The quantitative estimate of drug-likeness (QED) is 0.255. The van der Waals surface area contributed by atoms with Crippen molar-refractivity contribution in [1.29, 1.82) is 0 Å². The van der Waals surface area contributed by atoms with E-state index >= 15 is 0 Å². The molecule has 0 aliphatic carbocycles. The van der Waals surface area contributed by atoms with Crippen LogP contribution in [0.5, 0.6) is 0 Å². The number of hydrogen-bond donors (Lipinski definition) is 1. The van der Waals surface area contributed by atoms with Crippen LogP contribution in [-0.4, -0.2) is 32.9 Å². The van der Waals surface area contributed by atoms with Crippen molar-refractivity contribution < 1.29 is 9.63 Å². The van der Waals surface area contributed by atoms with Crippen molar-refractivity contribution in [2.75, 3.05) is 0 Å². The first-order valence-corrected chi connectivity index (χ1v) is 8.61. The summed E-state index contributed by atoms with van der Waals surface area (Å²) in [7, 11) is 2.29. The predicted molar refractivity (Wildman–Crippen MR) is 94.2 cm³/mol. The van der Waals surface area contributed by atoms with Crippen molar-refractivity contribution in [2.24, 2.45) is 0 Å². The van der Waals surface area contributed by atoms with Crippen molar-refractivity contribution in [3.63, 3.8) is 0 Å². The second-order valence-electron chi connectivity index (χ2n) is 5.97. The molecule has 0 rings (SSSR count). The van der Waals surface area contributed by atoms with E-state index in [4.69, 9.17) is 16.7 Å². The van der Waals surface area contributed by atoms with E-state index in [1.165, 1.54) is 19.3 Å². The van der Waals surface area contributed by atoms with Gasteiger partial charge in [-0.2, -0.15) is 0 Å². The normalized spacial score (nSPS) is 15.1. The summed E-state index contributed by atoms with van der Waals surface area (Å²) in [5, 5.41) is 10.0.